The van der Waals surface area contributed by atoms with Crippen LogP contribution < -0.4 is 10.1 Å². The van der Waals surface area contributed by atoms with Crippen LogP contribution in [0.4, 0.5) is 5.69 Å². The number of anilines is 1. The number of rotatable bonds is 5. The molecule has 0 aliphatic carbocycles. The fraction of sp³-hybridized carbons (Fsp3) is 0.278. The van der Waals surface area contributed by atoms with Crippen LogP contribution in [-0.2, 0) is 14.6 Å². The molecule has 1 N–H and O–H groups in total. The molecule has 0 saturated carbocycles. The van der Waals surface area contributed by atoms with Gasteiger partial charge in [-0.05, 0) is 36.6 Å². The van der Waals surface area contributed by atoms with Gasteiger partial charge in [0, 0.05) is 6.42 Å². The smallest absolute Gasteiger partial charge is 0.224 e. The van der Waals surface area contributed by atoms with Gasteiger partial charge < -0.3 is 10.1 Å². The summed E-state index contributed by atoms with van der Waals surface area (Å²) in [6, 6.07) is 16.5. The highest BCUT2D eigenvalue weighted by atomic mass is 32.2. The zero-order valence-corrected chi connectivity index (χ0v) is 14.0. The number of nitrogens with one attached hydrogen (secondary N) is 1. The van der Waals surface area contributed by atoms with Crippen LogP contribution in [0.3, 0.4) is 0 Å². The van der Waals surface area contributed by atoms with Crippen LogP contribution in [0, 0.1) is 5.92 Å². The Kier molecular flexibility index (Phi) is 4.85. The molecule has 1 saturated heterocycles. The molecule has 2 aromatic rings. The second kappa shape index (κ2) is 7.05. The van der Waals surface area contributed by atoms with E-state index >= 15 is 0 Å². The predicted molar refractivity (Wildman–Crippen MR) is 93.0 cm³/mol. The molecule has 1 unspecified atom stereocenters. The lowest BCUT2D eigenvalue weighted by Crippen LogP contribution is -2.17. The SMILES string of the molecule is O=C(CC1CCS(=O)(=O)C1)Nc1ccccc1Oc1ccccc1. The fourth-order valence-corrected chi connectivity index (χ4v) is 4.63. The lowest BCUT2D eigenvalue weighted by atomic mass is 10.0. The molecule has 1 heterocycles. The maximum atomic E-state index is 12.2. The van der Waals surface area contributed by atoms with Crippen molar-refractivity contribution < 1.29 is 17.9 Å². The molecule has 3 rings (SSSR count). The number of carbonyl (C=O) groups is 1. The quantitative estimate of drug-likeness (QED) is 0.903. The molecule has 6 heteroatoms. The molecule has 0 bridgehead atoms. The summed E-state index contributed by atoms with van der Waals surface area (Å²) in [5.74, 6) is 1.22. The van der Waals surface area contributed by atoms with E-state index in [0.717, 1.165) is 0 Å². The van der Waals surface area contributed by atoms with Crippen molar-refractivity contribution in [2.24, 2.45) is 5.92 Å². The number of hydrogen-bond donors (Lipinski definition) is 1. The van der Waals surface area contributed by atoms with Gasteiger partial charge in [0.15, 0.2) is 15.6 Å². The van der Waals surface area contributed by atoms with Crippen LogP contribution in [0.25, 0.3) is 0 Å². The summed E-state index contributed by atoms with van der Waals surface area (Å²) in [7, 11) is -2.97. The van der Waals surface area contributed by atoms with Gasteiger partial charge in [-0.2, -0.15) is 0 Å². The van der Waals surface area contributed by atoms with Crippen molar-refractivity contribution in [1.29, 1.82) is 0 Å². The molecule has 1 atom stereocenters. The minimum Gasteiger partial charge on any atom is -0.455 e. The van der Waals surface area contributed by atoms with Crippen molar-refractivity contribution in [2.75, 3.05) is 16.8 Å². The van der Waals surface area contributed by atoms with Crippen LogP contribution in [0.1, 0.15) is 12.8 Å². The normalized spacial score (nSPS) is 18.9. The zero-order chi connectivity index (χ0) is 17.0. The summed E-state index contributed by atoms with van der Waals surface area (Å²) in [5.41, 5.74) is 0.576. The second-order valence-electron chi connectivity index (χ2n) is 5.93. The lowest BCUT2D eigenvalue weighted by Gasteiger charge is -2.13. The number of hydrogen-bond acceptors (Lipinski definition) is 4. The Labute approximate surface area is 141 Å². The molecule has 5 nitrogen and oxygen atoms in total. The van der Waals surface area contributed by atoms with E-state index in [9.17, 15) is 13.2 Å². The number of para-hydroxylation sites is 3. The molecule has 24 heavy (non-hydrogen) atoms. The summed E-state index contributed by atoms with van der Waals surface area (Å²) in [6.45, 7) is 0. The number of carbonyl (C=O) groups excluding carboxylic acids is 1. The average molecular weight is 345 g/mol. The molecular formula is C18H19NO4S. The van der Waals surface area contributed by atoms with Crippen molar-refractivity contribution in [3.8, 4) is 11.5 Å². The van der Waals surface area contributed by atoms with Gasteiger partial charge in [-0.25, -0.2) is 8.42 Å². The Hall–Kier alpha value is -2.34. The van der Waals surface area contributed by atoms with Crippen molar-refractivity contribution in [1.82, 2.24) is 0 Å². The van der Waals surface area contributed by atoms with Crippen molar-refractivity contribution in [2.45, 2.75) is 12.8 Å². The predicted octanol–water partition coefficient (Wildman–Crippen LogP) is 3.24. The molecule has 1 fully saturated rings. The molecule has 2 aromatic carbocycles. The average Bonchev–Trinajstić information content (AvgIpc) is 2.89. The maximum Gasteiger partial charge on any atom is 0.224 e. The highest BCUT2D eigenvalue weighted by Crippen LogP contribution is 2.30. The van der Waals surface area contributed by atoms with E-state index in [1.165, 1.54) is 0 Å². The summed E-state index contributed by atoms with van der Waals surface area (Å²) < 4.78 is 28.8. The third-order valence-electron chi connectivity index (χ3n) is 3.93. The number of amides is 1. The Morgan fingerprint density at radius 3 is 2.50 bits per heavy atom. The van der Waals surface area contributed by atoms with Crippen LogP contribution >= 0.6 is 0 Å². The molecular weight excluding hydrogens is 326 g/mol. The lowest BCUT2D eigenvalue weighted by molar-refractivity contribution is -0.116. The molecule has 1 amide bonds. The van der Waals surface area contributed by atoms with Gasteiger partial charge in [0.25, 0.3) is 0 Å². The first-order valence-corrected chi connectivity index (χ1v) is 9.66. The summed E-state index contributed by atoms with van der Waals surface area (Å²) >= 11 is 0. The first kappa shape index (κ1) is 16.5. The molecule has 1 aliphatic rings. The number of sulfone groups is 1. The third kappa shape index (κ3) is 4.35. The van der Waals surface area contributed by atoms with Crippen molar-refractivity contribution >= 4 is 21.4 Å². The van der Waals surface area contributed by atoms with Crippen LogP contribution in [-0.4, -0.2) is 25.8 Å². The molecule has 0 spiro atoms. The fourth-order valence-electron chi connectivity index (χ4n) is 2.77. The van der Waals surface area contributed by atoms with Gasteiger partial charge in [-0.3, -0.25) is 4.79 Å². The van der Waals surface area contributed by atoms with Gasteiger partial charge in [0.2, 0.25) is 5.91 Å². The van der Waals surface area contributed by atoms with Crippen molar-refractivity contribution in [3.05, 3.63) is 54.6 Å². The zero-order valence-electron chi connectivity index (χ0n) is 13.1. The first-order valence-electron chi connectivity index (χ1n) is 7.84. The van der Waals surface area contributed by atoms with E-state index in [4.69, 9.17) is 4.74 Å². The minimum atomic E-state index is -2.97. The highest BCUT2D eigenvalue weighted by Gasteiger charge is 2.29. The Bertz CT molecular complexity index is 818. The Morgan fingerprint density at radius 2 is 1.79 bits per heavy atom. The summed E-state index contributed by atoms with van der Waals surface area (Å²) in [4.78, 5) is 12.2. The highest BCUT2D eigenvalue weighted by molar-refractivity contribution is 7.91. The van der Waals surface area contributed by atoms with Crippen LogP contribution in [0.5, 0.6) is 11.5 Å². The minimum absolute atomic E-state index is 0.0998. The van der Waals surface area contributed by atoms with E-state index in [2.05, 4.69) is 5.32 Å². The number of ether oxygens (including phenoxy) is 1. The van der Waals surface area contributed by atoms with Crippen molar-refractivity contribution in [3.63, 3.8) is 0 Å². The largest absolute Gasteiger partial charge is 0.455 e. The van der Waals surface area contributed by atoms with Gasteiger partial charge >= 0.3 is 0 Å². The monoisotopic (exact) mass is 345 g/mol. The third-order valence-corrected chi connectivity index (χ3v) is 5.77. The van der Waals surface area contributed by atoms with E-state index in [0.29, 0.717) is 23.6 Å². The van der Waals surface area contributed by atoms with Crippen LogP contribution in [0.2, 0.25) is 0 Å². The molecule has 0 aromatic heterocycles. The van der Waals surface area contributed by atoms with E-state index in [1.807, 2.05) is 42.5 Å². The van der Waals surface area contributed by atoms with Gasteiger partial charge in [0.05, 0.1) is 17.2 Å². The van der Waals surface area contributed by atoms with E-state index < -0.39 is 9.84 Å². The maximum absolute atomic E-state index is 12.2. The molecule has 0 radical (unpaired) electrons. The van der Waals surface area contributed by atoms with Gasteiger partial charge in [-0.1, -0.05) is 30.3 Å². The summed E-state index contributed by atoms with van der Waals surface area (Å²) in [5, 5.41) is 2.83. The molecule has 1 aliphatic heterocycles. The van der Waals surface area contributed by atoms with E-state index in [1.54, 1.807) is 12.1 Å². The van der Waals surface area contributed by atoms with Gasteiger partial charge in [-0.15, -0.1) is 0 Å². The molecule has 126 valence electrons. The number of benzene rings is 2. The topological polar surface area (TPSA) is 72.5 Å². The second-order valence-corrected chi connectivity index (χ2v) is 8.16. The standard InChI is InChI=1S/C18H19NO4S/c20-18(12-14-10-11-24(21,22)13-14)19-16-8-4-5-9-17(16)23-15-6-2-1-3-7-15/h1-9,14H,10-13H2,(H,19,20). The van der Waals surface area contributed by atoms with E-state index in [-0.39, 0.29) is 29.8 Å². The Balaban J connectivity index is 1.66. The van der Waals surface area contributed by atoms with Gasteiger partial charge in [0.1, 0.15) is 5.75 Å². The first-order chi connectivity index (χ1) is 11.5. The Morgan fingerprint density at radius 1 is 1.08 bits per heavy atom. The summed E-state index contributed by atoms with van der Waals surface area (Å²) in [6.07, 6.45) is 0.761. The van der Waals surface area contributed by atoms with Crippen LogP contribution in [0.15, 0.2) is 54.6 Å².